The van der Waals surface area contributed by atoms with E-state index in [4.69, 9.17) is 0 Å². The Kier molecular flexibility index (Phi) is 8.21. The highest BCUT2D eigenvalue weighted by atomic mass is 32.2. The van der Waals surface area contributed by atoms with E-state index in [2.05, 4.69) is 39.8 Å². The highest BCUT2D eigenvalue weighted by molar-refractivity contribution is 7.99. The van der Waals surface area contributed by atoms with Crippen molar-refractivity contribution in [3.05, 3.63) is 46.2 Å². The standard InChI is InChI=1S/C18H25FN4S2/c1-13(2)16-12-25-17(23-16)11-22-18(20-3)21-9-4-10-24-15-7-5-14(19)6-8-15/h5-8,12-13H,4,9-11H2,1-3H3,(H2,20,21,22). The van der Waals surface area contributed by atoms with Gasteiger partial charge in [-0.1, -0.05) is 13.8 Å². The second-order valence-corrected chi connectivity index (χ2v) is 7.94. The molecular formula is C18H25FN4S2. The van der Waals surface area contributed by atoms with Gasteiger partial charge in [0.15, 0.2) is 5.96 Å². The number of guanidine groups is 1. The maximum Gasteiger partial charge on any atom is 0.191 e. The third kappa shape index (κ3) is 7.04. The molecular weight excluding hydrogens is 355 g/mol. The molecule has 0 saturated carbocycles. The van der Waals surface area contributed by atoms with E-state index >= 15 is 0 Å². The molecule has 0 aliphatic rings. The summed E-state index contributed by atoms with van der Waals surface area (Å²) in [6, 6.07) is 6.62. The van der Waals surface area contributed by atoms with Crippen LogP contribution < -0.4 is 10.6 Å². The summed E-state index contributed by atoms with van der Waals surface area (Å²) in [7, 11) is 1.77. The molecule has 25 heavy (non-hydrogen) atoms. The first-order valence-electron chi connectivity index (χ1n) is 8.35. The third-order valence-electron chi connectivity index (χ3n) is 3.49. The summed E-state index contributed by atoms with van der Waals surface area (Å²) in [5.41, 5.74) is 1.14. The van der Waals surface area contributed by atoms with Crippen LogP contribution in [0, 0.1) is 5.82 Å². The van der Waals surface area contributed by atoms with Crippen molar-refractivity contribution < 1.29 is 4.39 Å². The van der Waals surface area contributed by atoms with Crippen molar-refractivity contribution in [3.8, 4) is 0 Å². The maximum absolute atomic E-state index is 12.9. The fourth-order valence-electron chi connectivity index (χ4n) is 2.05. The van der Waals surface area contributed by atoms with Crippen molar-refractivity contribution in [1.82, 2.24) is 15.6 Å². The van der Waals surface area contributed by atoms with Gasteiger partial charge in [0.25, 0.3) is 0 Å². The normalized spacial score (nSPS) is 11.8. The third-order valence-corrected chi connectivity index (χ3v) is 5.45. The molecule has 0 bridgehead atoms. The van der Waals surface area contributed by atoms with Crippen LogP contribution in [0.15, 0.2) is 39.5 Å². The smallest absolute Gasteiger partial charge is 0.191 e. The van der Waals surface area contributed by atoms with Gasteiger partial charge < -0.3 is 10.6 Å². The molecule has 4 nitrogen and oxygen atoms in total. The van der Waals surface area contributed by atoms with Crippen LogP contribution in [0.3, 0.4) is 0 Å². The molecule has 0 atom stereocenters. The van der Waals surface area contributed by atoms with E-state index in [1.807, 2.05) is 12.1 Å². The quantitative estimate of drug-likeness (QED) is 0.311. The van der Waals surface area contributed by atoms with Crippen molar-refractivity contribution in [3.63, 3.8) is 0 Å². The second kappa shape index (κ2) is 10.4. The highest BCUT2D eigenvalue weighted by Crippen LogP contribution is 2.19. The summed E-state index contributed by atoms with van der Waals surface area (Å²) in [4.78, 5) is 9.93. The number of aliphatic imine (C=N–C) groups is 1. The molecule has 0 radical (unpaired) electrons. The van der Waals surface area contributed by atoms with E-state index in [-0.39, 0.29) is 5.82 Å². The minimum absolute atomic E-state index is 0.193. The molecule has 1 heterocycles. The Bertz CT molecular complexity index is 668. The maximum atomic E-state index is 12.9. The fourth-order valence-corrected chi connectivity index (χ4v) is 3.80. The second-order valence-electron chi connectivity index (χ2n) is 5.83. The summed E-state index contributed by atoms with van der Waals surface area (Å²) >= 11 is 3.40. The van der Waals surface area contributed by atoms with E-state index in [1.165, 1.54) is 12.1 Å². The molecule has 1 aromatic carbocycles. The number of benzene rings is 1. The molecule has 0 aliphatic carbocycles. The zero-order chi connectivity index (χ0) is 18.1. The predicted octanol–water partition coefficient (Wildman–Crippen LogP) is 4.25. The average molecular weight is 381 g/mol. The zero-order valence-corrected chi connectivity index (χ0v) is 16.5. The van der Waals surface area contributed by atoms with Crippen LogP contribution in [0.4, 0.5) is 4.39 Å². The lowest BCUT2D eigenvalue weighted by molar-refractivity contribution is 0.626. The van der Waals surface area contributed by atoms with Crippen molar-refractivity contribution >= 4 is 29.1 Å². The van der Waals surface area contributed by atoms with Crippen molar-refractivity contribution in [2.75, 3.05) is 19.3 Å². The molecule has 2 aromatic rings. The Hall–Kier alpha value is -1.60. The monoisotopic (exact) mass is 380 g/mol. The lowest BCUT2D eigenvalue weighted by atomic mass is 10.2. The minimum Gasteiger partial charge on any atom is -0.356 e. The molecule has 0 spiro atoms. The van der Waals surface area contributed by atoms with E-state index in [0.717, 1.165) is 40.3 Å². The molecule has 0 fully saturated rings. The molecule has 0 aliphatic heterocycles. The van der Waals surface area contributed by atoms with Crippen LogP contribution in [0.2, 0.25) is 0 Å². The average Bonchev–Trinajstić information content (AvgIpc) is 3.08. The van der Waals surface area contributed by atoms with Gasteiger partial charge >= 0.3 is 0 Å². The van der Waals surface area contributed by atoms with E-state index in [1.54, 1.807) is 30.1 Å². The van der Waals surface area contributed by atoms with E-state index in [9.17, 15) is 4.39 Å². The van der Waals surface area contributed by atoms with E-state index < -0.39 is 0 Å². The molecule has 0 unspecified atom stereocenters. The van der Waals surface area contributed by atoms with Gasteiger partial charge in [0, 0.05) is 23.9 Å². The Morgan fingerprint density at radius 3 is 2.68 bits per heavy atom. The highest BCUT2D eigenvalue weighted by Gasteiger charge is 2.06. The fraction of sp³-hybridized carbons (Fsp3) is 0.444. The number of nitrogens with one attached hydrogen (secondary N) is 2. The van der Waals surface area contributed by atoms with Gasteiger partial charge in [-0.2, -0.15) is 0 Å². The number of hydrogen-bond donors (Lipinski definition) is 2. The molecule has 1 aromatic heterocycles. The number of thiazole rings is 1. The summed E-state index contributed by atoms with van der Waals surface area (Å²) in [6.45, 7) is 5.82. The van der Waals surface area contributed by atoms with E-state index in [0.29, 0.717) is 12.5 Å². The van der Waals surface area contributed by atoms with Gasteiger partial charge in [-0.3, -0.25) is 4.99 Å². The molecule has 0 saturated heterocycles. The van der Waals surface area contributed by atoms with Crippen LogP contribution >= 0.6 is 23.1 Å². The summed E-state index contributed by atoms with van der Waals surface area (Å²) in [5.74, 6) is 2.02. The minimum atomic E-state index is -0.193. The number of thioether (sulfide) groups is 1. The SMILES string of the molecule is CN=C(NCCCSc1ccc(F)cc1)NCc1nc(C(C)C)cs1. The molecule has 0 amide bonds. The number of aromatic nitrogens is 1. The lowest BCUT2D eigenvalue weighted by Crippen LogP contribution is -2.37. The van der Waals surface area contributed by atoms with Crippen LogP contribution in [0.25, 0.3) is 0 Å². The van der Waals surface area contributed by atoms with Crippen molar-refractivity contribution in [2.24, 2.45) is 4.99 Å². The largest absolute Gasteiger partial charge is 0.356 e. The van der Waals surface area contributed by atoms with Crippen LogP contribution in [0.5, 0.6) is 0 Å². The van der Waals surface area contributed by atoms with Gasteiger partial charge in [0.05, 0.1) is 12.2 Å². The Morgan fingerprint density at radius 1 is 1.28 bits per heavy atom. The summed E-state index contributed by atoms with van der Waals surface area (Å²) in [5, 5.41) is 9.78. The van der Waals surface area contributed by atoms with Crippen LogP contribution in [-0.2, 0) is 6.54 Å². The first-order valence-corrected chi connectivity index (χ1v) is 10.2. The lowest BCUT2D eigenvalue weighted by Gasteiger charge is -2.10. The first kappa shape index (κ1) is 19.7. The number of halogens is 1. The van der Waals surface area contributed by atoms with Crippen LogP contribution in [-0.4, -0.2) is 30.3 Å². The number of rotatable bonds is 8. The zero-order valence-electron chi connectivity index (χ0n) is 14.9. The molecule has 136 valence electrons. The first-order chi connectivity index (χ1) is 12.1. The van der Waals surface area contributed by atoms with Gasteiger partial charge in [-0.15, -0.1) is 23.1 Å². The van der Waals surface area contributed by atoms with Gasteiger partial charge in [-0.25, -0.2) is 9.37 Å². The number of hydrogen-bond acceptors (Lipinski definition) is 4. The number of nitrogens with zero attached hydrogens (tertiary/aromatic N) is 2. The van der Waals surface area contributed by atoms with Gasteiger partial charge in [-0.05, 0) is 42.4 Å². The van der Waals surface area contributed by atoms with Gasteiger partial charge in [0.1, 0.15) is 10.8 Å². The Balaban J connectivity index is 1.63. The summed E-state index contributed by atoms with van der Waals surface area (Å²) < 4.78 is 12.9. The summed E-state index contributed by atoms with van der Waals surface area (Å²) in [6.07, 6.45) is 0.998. The van der Waals surface area contributed by atoms with Crippen LogP contribution in [0.1, 0.15) is 36.9 Å². The Labute approximate surface area is 157 Å². The molecule has 7 heteroatoms. The topological polar surface area (TPSA) is 49.3 Å². The molecule has 2 rings (SSSR count). The van der Waals surface area contributed by atoms with Crippen molar-refractivity contribution in [2.45, 2.75) is 37.6 Å². The predicted molar refractivity (Wildman–Crippen MR) is 106 cm³/mol. The Morgan fingerprint density at radius 2 is 2.04 bits per heavy atom. The van der Waals surface area contributed by atoms with Crippen molar-refractivity contribution in [1.29, 1.82) is 0 Å². The van der Waals surface area contributed by atoms with Gasteiger partial charge in [0.2, 0.25) is 0 Å². The molecule has 2 N–H and O–H groups in total.